The van der Waals surface area contributed by atoms with Gasteiger partial charge in [-0.05, 0) is 68.0 Å². The van der Waals surface area contributed by atoms with Crippen molar-refractivity contribution in [3.05, 3.63) is 42.1 Å². The smallest absolute Gasteiger partial charge is 0.220 e. The number of aromatic nitrogens is 1. The van der Waals surface area contributed by atoms with E-state index in [0.717, 1.165) is 38.1 Å². The summed E-state index contributed by atoms with van der Waals surface area (Å²) >= 11 is 0. The van der Waals surface area contributed by atoms with Crippen LogP contribution in [0.5, 0.6) is 0 Å². The monoisotopic (exact) mass is 353 g/mol. The molecule has 26 heavy (non-hydrogen) atoms. The van der Waals surface area contributed by atoms with E-state index >= 15 is 0 Å². The van der Waals surface area contributed by atoms with E-state index in [-0.39, 0.29) is 5.91 Å². The average molecular weight is 354 g/mol. The molecule has 0 unspecified atom stereocenters. The number of benzene rings is 1. The topological polar surface area (TPSA) is 45.2 Å². The first-order valence-corrected chi connectivity index (χ1v) is 9.93. The number of hydrogen-bond donors (Lipinski definition) is 1. The Balaban J connectivity index is 1.41. The zero-order valence-electron chi connectivity index (χ0n) is 16.1. The lowest BCUT2D eigenvalue weighted by atomic mass is 9.96. The van der Waals surface area contributed by atoms with Gasteiger partial charge < -0.3 is 5.32 Å². The van der Waals surface area contributed by atoms with Crippen LogP contribution in [0.1, 0.15) is 45.1 Å². The minimum Gasteiger partial charge on any atom is -0.356 e. The van der Waals surface area contributed by atoms with E-state index in [1.165, 1.54) is 23.8 Å². The number of carbonyl (C=O) groups is 1. The molecular formula is C22H31N3O. The zero-order chi connectivity index (χ0) is 18.4. The van der Waals surface area contributed by atoms with E-state index in [0.29, 0.717) is 18.3 Å². The number of piperidine rings is 1. The lowest BCUT2D eigenvalue weighted by Crippen LogP contribution is -2.38. The van der Waals surface area contributed by atoms with Crippen LogP contribution in [-0.2, 0) is 11.3 Å². The summed E-state index contributed by atoms with van der Waals surface area (Å²) in [4.78, 5) is 18.8. The maximum Gasteiger partial charge on any atom is 0.220 e. The van der Waals surface area contributed by atoms with Crippen molar-refractivity contribution in [2.75, 3.05) is 19.6 Å². The van der Waals surface area contributed by atoms with Crippen molar-refractivity contribution >= 4 is 16.8 Å². The molecule has 0 aliphatic carbocycles. The fraction of sp³-hybridized carbons (Fsp3) is 0.545. The molecule has 0 atom stereocenters. The van der Waals surface area contributed by atoms with E-state index in [2.05, 4.69) is 53.3 Å². The molecule has 140 valence electrons. The molecule has 4 heteroatoms. The summed E-state index contributed by atoms with van der Waals surface area (Å²) in [5.41, 5.74) is 2.41. The summed E-state index contributed by atoms with van der Waals surface area (Å²) in [6.45, 7) is 8.38. The third-order valence-corrected chi connectivity index (χ3v) is 5.32. The van der Waals surface area contributed by atoms with E-state index in [9.17, 15) is 4.79 Å². The first-order chi connectivity index (χ1) is 12.6. The van der Waals surface area contributed by atoms with E-state index < -0.39 is 0 Å². The Morgan fingerprint density at radius 2 is 2.08 bits per heavy atom. The molecule has 2 aromatic rings. The highest BCUT2D eigenvalue weighted by atomic mass is 16.1. The molecule has 0 radical (unpaired) electrons. The molecule has 1 amide bonds. The summed E-state index contributed by atoms with van der Waals surface area (Å²) in [5.74, 6) is 1.43. The highest BCUT2D eigenvalue weighted by Crippen LogP contribution is 2.20. The van der Waals surface area contributed by atoms with Crippen LogP contribution in [0.15, 0.2) is 36.5 Å². The zero-order valence-corrected chi connectivity index (χ0v) is 16.1. The second kappa shape index (κ2) is 9.13. The number of likely N-dealkylation sites (tertiary alicyclic amines) is 1. The Bertz CT molecular complexity index is 720. The molecule has 1 saturated heterocycles. The minimum absolute atomic E-state index is 0.214. The third-order valence-electron chi connectivity index (χ3n) is 5.32. The van der Waals surface area contributed by atoms with Crippen molar-refractivity contribution in [1.29, 1.82) is 0 Å². The van der Waals surface area contributed by atoms with Gasteiger partial charge in [-0.15, -0.1) is 0 Å². The van der Waals surface area contributed by atoms with Gasteiger partial charge in [0, 0.05) is 31.1 Å². The summed E-state index contributed by atoms with van der Waals surface area (Å²) in [7, 11) is 0. The summed E-state index contributed by atoms with van der Waals surface area (Å²) in [6, 6.07) is 10.7. The Morgan fingerprint density at radius 3 is 2.85 bits per heavy atom. The largest absolute Gasteiger partial charge is 0.356 e. The fourth-order valence-electron chi connectivity index (χ4n) is 3.60. The predicted molar refractivity (Wildman–Crippen MR) is 107 cm³/mol. The maximum atomic E-state index is 11.9. The number of rotatable bonds is 7. The molecule has 4 nitrogen and oxygen atoms in total. The van der Waals surface area contributed by atoms with Crippen molar-refractivity contribution in [3.63, 3.8) is 0 Å². The fourth-order valence-corrected chi connectivity index (χ4v) is 3.60. The molecule has 1 fully saturated rings. The molecule has 0 spiro atoms. The molecular weight excluding hydrogens is 322 g/mol. The van der Waals surface area contributed by atoms with Crippen molar-refractivity contribution in [2.45, 2.75) is 46.1 Å². The van der Waals surface area contributed by atoms with E-state index in [1.807, 2.05) is 12.3 Å². The van der Waals surface area contributed by atoms with Gasteiger partial charge in [0.05, 0.1) is 5.52 Å². The first-order valence-electron chi connectivity index (χ1n) is 9.93. The van der Waals surface area contributed by atoms with E-state index in [4.69, 9.17) is 0 Å². The van der Waals surface area contributed by atoms with Crippen molar-refractivity contribution in [1.82, 2.24) is 15.2 Å². The van der Waals surface area contributed by atoms with Crippen molar-refractivity contribution < 1.29 is 4.79 Å². The van der Waals surface area contributed by atoms with Crippen LogP contribution in [0, 0.1) is 11.8 Å². The summed E-state index contributed by atoms with van der Waals surface area (Å²) < 4.78 is 0. The van der Waals surface area contributed by atoms with Gasteiger partial charge >= 0.3 is 0 Å². The lowest BCUT2D eigenvalue weighted by molar-refractivity contribution is -0.121. The van der Waals surface area contributed by atoms with Gasteiger partial charge in [0.15, 0.2) is 0 Å². The highest BCUT2D eigenvalue weighted by molar-refractivity contribution is 5.78. The van der Waals surface area contributed by atoms with Crippen molar-refractivity contribution in [3.8, 4) is 0 Å². The number of pyridine rings is 1. The van der Waals surface area contributed by atoms with Crippen molar-refractivity contribution in [2.24, 2.45) is 11.8 Å². The summed E-state index contributed by atoms with van der Waals surface area (Å²) in [6.07, 6.45) is 5.81. The number of hydrogen-bond acceptors (Lipinski definition) is 3. The number of amides is 1. The second-order valence-corrected chi connectivity index (χ2v) is 7.99. The van der Waals surface area contributed by atoms with Crippen LogP contribution in [-0.4, -0.2) is 35.4 Å². The molecule has 1 aliphatic rings. The third kappa shape index (κ3) is 5.53. The van der Waals surface area contributed by atoms with Gasteiger partial charge in [-0.25, -0.2) is 0 Å². The first kappa shape index (κ1) is 18.8. The highest BCUT2D eigenvalue weighted by Gasteiger charge is 2.19. The van der Waals surface area contributed by atoms with Crippen LogP contribution in [0.3, 0.4) is 0 Å². The Kier molecular flexibility index (Phi) is 6.62. The number of nitrogens with zero attached hydrogens (tertiary/aromatic N) is 2. The SMILES string of the molecule is CC(C)CCC(=O)NCC1CCN(Cc2ccc3ncccc3c2)CC1. The lowest BCUT2D eigenvalue weighted by Gasteiger charge is -2.32. The maximum absolute atomic E-state index is 11.9. The molecule has 1 aliphatic heterocycles. The van der Waals surface area contributed by atoms with Crippen LogP contribution in [0.4, 0.5) is 0 Å². The second-order valence-electron chi connectivity index (χ2n) is 7.99. The van der Waals surface area contributed by atoms with Crippen LogP contribution >= 0.6 is 0 Å². The molecule has 1 aromatic heterocycles. The van der Waals surface area contributed by atoms with Crippen LogP contribution in [0.2, 0.25) is 0 Å². The van der Waals surface area contributed by atoms with Gasteiger partial charge in [-0.3, -0.25) is 14.7 Å². The number of carbonyl (C=O) groups excluding carboxylic acids is 1. The predicted octanol–water partition coefficient (Wildman–Crippen LogP) is 4.00. The molecule has 1 aromatic carbocycles. The van der Waals surface area contributed by atoms with Crippen LogP contribution < -0.4 is 5.32 Å². The molecule has 0 saturated carbocycles. The van der Waals surface area contributed by atoms with Gasteiger partial charge in [0.1, 0.15) is 0 Å². The van der Waals surface area contributed by atoms with Gasteiger partial charge in [0.25, 0.3) is 0 Å². The average Bonchev–Trinajstić information content (AvgIpc) is 2.65. The summed E-state index contributed by atoms with van der Waals surface area (Å²) in [5, 5.41) is 4.34. The Hall–Kier alpha value is -1.94. The Labute approximate surface area is 157 Å². The molecule has 1 N–H and O–H groups in total. The normalized spacial score (nSPS) is 16.3. The van der Waals surface area contributed by atoms with Gasteiger partial charge in [-0.1, -0.05) is 26.0 Å². The number of fused-ring (bicyclic) bond motifs is 1. The van der Waals surface area contributed by atoms with Gasteiger partial charge in [0.2, 0.25) is 5.91 Å². The molecule has 2 heterocycles. The number of nitrogens with one attached hydrogen (secondary N) is 1. The Morgan fingerprint density at radius 1 is 1.27 bits per heavy atom. The van der Waals surface area contributed by atoms with E-state index in [1.54, 1.807) is 0 Å². The standard InChI is InChI=1S/C22H31N3O/c1-17(2)5-8-22(26)24-15-18-9-12-25(13-10-18)16-19-6-7-21-20(14-19)4-3-11-23-21/h3-4,6-7,11,14,17-18H,5,8-10,12-13,15-16H2,1-2H3,(H,24,26). The molecule has 0 bridgehead atoms. The minimum atomic E-state index is 0.214. The quantitative estimate of drug-likeness (QED) is 0.818. The van der Waals surface area contributed by atoms with Gasteiger partial charge in [-0.2, -0.15) is 0 Å². The van der Waals surface area contributed by atoms with Crippen LogP contribution in [0.25, 0.3) is 10.9 Å². The molecule has 3 rings (SSSR count).